The van der Waals surface area contributed by atoms with Crippen LogP contribution < -0.4 is 15.1 Å². The third kappa shape index (κ3) is 6.18. The minimum Gasteiger partial charge on any atom is -0.465 e. The van der Waals surface area contributed by atoms with Crippen molar-refractivity contribution in [1.82, 2.24) is 39.8 Å². The van der Waals surface area contributed by atoms with E-state index in [0.29, 0.717) is 6.61 Å². The molecule has 2 N–H and O–H groups in total. The van der Waals surface area contributed by atoms with Crippen LogP contribution in [0.15, 0.2) is 55.0 Å². The molecule has 53 heavy (non-hydrogen) atoms. The first-order valence-corrected chi connectivity index (χ1v) is 19.1. The van der Waals surface area contributed by atoms with E-state index in [1.165, 1.54) is 11.1 Å². The van der Waals surface area contributed by atoms with E-state index in [1.54, 1.807) is 4.68 Å². The number of pyridine rings is 1. The molecule has 4 aliphatic rings. The monoisotopic (exact) mass is 716 g/mol. The number of nitrogens with zero attached hydrogens (tertiary/aromatic N) is 9. The summed E-state index contributed by atoms with van der Waals surface area (Å²) in [5.41, 5.74) is 7.85. The van der Waals surface area contributed by atoms with Gasteiger partial charge in [-0.2, -0.15) is 5.10 Å². The molecule has 1 spiro atoms. The zero-order chi connectivity index (χ0) is 36.3. The molecule has 3 aliphatic heterocycles. The molecule has 0 saturated carbocycles. The molecule has 1 amide bonds. The summed E-state index contributed by atoms with van der Waals surface area (Å²) in [7, 11) is 1.92. The Bertz CT molecular complexity index is 2160. The quantitative estimate of drug-likeness (QED) is 0.186. The van der Waals surface area contributed by atoms with Gasteiger partial charge in [0.2, 0.25) is 0 Å². The Hall–Kier alpha value is -5.04. The van der Waals surface area contributed by atoms with Crippen LogP contribution in [0.3, 0.4) is 0 Å². The summed E-state index contributed by atoms with van der Waals surface area (Å²) in [6, 6.07) is 13.0. The first-order chi connectivity index (χ1) is 25.7. The number of rotatable bonds is 7. The first kappa shape index (κ1) is 33.8. The van der Waals surface area contributed by atoms with Crippen molar-refractivity contribution < 1.29 is 14.6 Å². The second-order valence-corrected chi connectivity index (χ2v) is 16.1. The van der Waals surface area contributed by atoms with Gasteiger partial charge in [-0.05, 0) is 106 Å². The molecule has 13 nitrogen and oxygen atoms in total. The number of ether oxygens (including phenoxy) is 1. The number of amides is 1. The lowest BCUT2D eigenvalue weighted by molar-refractivity contribution is -0.0368. The Morgan fingerprint density at radius 3 is 2.68 bits per heavy atom. The van der Waals surface area contributed by atoms with Crippen molar-refractivity contribution in [2.75, 3.05) is 36.0 Å². The van der Waals surface area contributed by atoms with Crippen LogP contribution in [0, 0.1) is 5.41 Å². The Morgan fingerprint density at radius 1 is 1.06 bits per heavy atom. The van der Waals surface area contributed by atoms with Gasteiger partial charge in [0.25, 0.3) is 0 Å². The minimum atomic E-state index is -0.976. The molecule has 13 heteroatoms. The van der Waals surface area contributed by atoms with E-state index >= 15 is 0 Å². The lowest BCUT2D eigenvalue weighted by atomic mass is 9.66. The molecule has 2 saturated heterocycles. The minimum absolute atomic E-state index is 0.0621. The summed E-state index contributed by atoms with van der Waals surface area (Å²) < 4.78 is 10.1. The van der Waals surface area contributed by atoms with Gasteiger partial charge in [-0.3, -0.25) is 9.67 Å². The number of aromatic nitrogens is 7. The second-order valence-electron chi connectivity index (χ2n) is 16.1. The smallest absolute Gasteiger partial charge is 0.405 e. The van der Waals surface area contributed by atoms with E-state index in [4.69, 9.17) is 24.8 Å². The Labute approximate surface area is 309 Å². The summed E-state index contributed by atoms with van der Waals surface area (Å²) >= 11 is 0. The lowest BCUT2D eigenvalue weighted by Gasteiger charge is -2.45. The standard InChI is InChI=1S/C40H48N10O3/c1-39(2,45-38(51)52)22-29-28-10-5-4-9-26(28)21-40(29)15-18-48(19-16-40)33-24-41-35-36(44-33)50(34-12-6-7-20-53-34)46-37(35)49-17-8-11-31-32(49)14-13-30(43-31)27-23-42-47(3)25-27/h4-5,9-10,13-14,23-25,29,34,45H,6-8,11-12,15-22H2,1-3H3,(H,51,52)/t29-,34?/m1/s1. The maximum Gasteiger partial charge on any atom is 0.405 e. The van der Waals surface area contributed by atoms with Crippen molar-refractivity contribution in [2.24, 2.45) is 12.5 Å². The van der Waals surface area contributed by atoms with Gasteiger partial charge in [-0.15, -0.1) is 5.10 Å². The highest BCUT2D eigenvalue weighted by molar-refractivity contribution is 5.88. The molecular weight excluding hydrogens is 669 g/mol. The number of hydrogen-bond acceptors (Lipinski definition) is 9. The molecule has 1 aromatic carbocycles. The highest BCUT2D eigenvalue weighted by Gasteiger charge is 2.49. The van der Waals surface area contributed by atoms with Crippen LogP contribution >= 0.6 is 0 Å². The molecule has 1 aliphatic carbocycles. The number of anilines is 3. The van der Waals surface area contributed by atoms with Crippen molar-refractivity contribution >= 4 is 34.6 Å². The maximum atomic E-state index is 11.7. The molecule has 9 rings (SSSR count). The largest absolute Gasteiger partial charge is 0.465 e. The van der Waals surface area contributed by atoms with Crippen molar-refractivity contribution in [3.8, 4) is 11.3 Å². The number of piperidine rings is 1. The topological polar surface area (TPSA) is 139 Å². The fourth-order valence-corrected chi connectivity index (χ4v) is 9.47. The summed E-state index contributed by atoms with van der Waals surface area (Å²) in [5, 5.41) is 21.9. The van der Waals surface area contributed by atoms with E-state index in [1.807, 2.05) is 44.2 Å². The van der Waals surface area contributed by atoms with Gasteiger partial charge in [0, 0.05) is 50.6 Å². The molecule has 2 atom stereocenters. The molecule has 0 bridgehead atoms. The fraction of sp³-hybridized carbons (Fsp3) is 0.500. The molecule has 1 unspecified atom stereocenters. The number of carboxylic acid groups (broad SMARTS) is 1. The van der Waals surface area contributed by atoms with Crippen molar-refractivity contribution in [2.45, 2.75) is 89.3 Å². The van der Waals surface area contributed by atoms with Crippen LogP contribution in [0.4, 0.5) is 22.1 Å². The molecule has 4 aromatic heterocycles. The van der Waals surface area contributed by atoms with Crippen LogP contribution in [-0.4, -0.2) is 77.5 Å². The summed E-state index contributed by atoms with van der Waals surface area (Å²) in [5.74, 6) is 1.93. The average Bonchev–Trinajstić information content (AvgIpc) is 3.85. The van der Waals surface area contributed by atoms with Crippen LogP contribution in [-0.2, 0) is 24.6 Å². The Balaban J connectivity index is 1.02. The van der Waals surface area contributed by atoms with E-state index in [2.05, 4.69) is 56.6 Å². The average molecular weight is 717 g/mol. The summed E-state index contributed by atoms with van der Waals surface area (Å²) in [6.45, 7) is 7.23. The summed E-state index contributed by atoms with van der Waals surface area (Å²) in [6.07, 6.45) is 13.2. The highest BCUT2D eigenvalue weighted by atomic mass is 16.5. The van der Waals surface area contributed by atoms with Gasteiger partial charge >= 0.3 is 6.09 Å². The fourth-order valence-electron chi connectivity index (χ4n) is 9.47. The maximum absolute atomic E-state index is 11.7. The van der Waals surface area contributed by atoms with E-state index in [0.717, 1.165) is 123 Å². The molecule has 7 heterocycles. The number of carbonyl (C=O) groups is 1. The van der Waals surface area contributed by atoms with Gasteiger partial charge in [0.05, 0.1) is 29.5 Å². The molecule has 2 fully saturated rings. The van der Waals surface area contributed by atoms with Crippen molar-refractivity contribution in [3.63, 3.8) is 0 Å². The van der Waals surface area contributed by atoms with E-state index in [9.17, 15) is 9.90 Å². The lowest BCUT2D eigenvalue weighted by Crippen LogP contribution is -2.48. The summed E-state index contributed by atoms with van der Waals surface area (Å²) in [4.78, 5) is 31.8. The van der Waals surface area contributed by atoms with Gasteiger partial charge in [-0.1, -0.05) is 24.3 Å². The number of nitrogens with one attached hydrogen (secondary N) is 1. The van der Waals surface area contributed by atoms with Crippen LogP contribution in [0.5, 0.6) is 0 Å². The van der Waals surface area contributed by atoms with Crippen LogP contribution in [0.25, 0.3) is 22.4 Å². The normalized spacial score (nSPS) is 21.2. The zero-order valence-electron chi connectivity index (χ0n) is 30.8. The predicted molar refractivity (Wildman–Crippen MR) is 203 cm³/mol. The predicted octanol–water partition coefficient (Wildman–Crippen LogP) is 6.77. The van der Waals surface area contributed by atoms with Gasteiger partial charge in [0.15, 0.2) is 23.2 Å². The third-order valence-corrected chi connectivity index (χ3v) is 12.0. The van der Waals surface area contributed by atoms with Crippen molar-refractivity contribution in [3.05, 3.63) is 71.8 Å². The second kappa shape index (κ2) is 13.1. The highest BCUT2D eigenvalue weighted by Crippen LogP contribution is 2.56. The molecular formula is C40H48N10O3. The van der Waals surface area contributed by atoms with Crippen LogP contribution in [0.1, 0.15) is 87.8 Å². The number of aryl methyl sites for hydroxylation is 2. The number of fused-ring (bicyclic) bond motifs is 3. The Kier molecular flexibility index (Phi) is 8.36. The SMILES string of the molecule is Cn1cc(-c2ccc3c(n2)CCCN3c2nn(C3CCCCO3)c3nc(N4CCC5(CC4)Cc4ccccc4[C@H]5CC(C)(C)NC(=O)O)cnc23)cn1. The van der Waals surface area contributed by atoms with Gasteiger partial charge < -0.3 is 25.0 Å². The van der Waals surface area contributed by atoms with Gasteiger partial charge in [0.1, 0.15) is 5.82 Å². The molecule has 276 valence electrons. The zero-order valence-corrected chi connectivity index (χ0v) is 30.8. The Morgan fingerprint density at radius 2 is 1.91 bits per heavy atom. The molecule has 0 radical (unpaired) electrons. The van der Waals surface area contributed by atoms with Gasteiger partial charge in [-0.25, -0.2) is 19.4 Å². The number of hydrogen-bond donors (Lipinski definition) is 2. The van der Waals surface area contributed by atoms with Crippen LogP contribution in [0.2, 0.25) is 0 Å². The number of benzene rings is 1. The van der Waals surface area contributed by atoms with Crippen molar-refractivity contribution in [1.29, 1.82) is 0 Å². The van der Waals surface area contributed by atoms with E-state index < -0.39 is 11.6 Å². The molecule has 5 aromatic rings. The third-order valence-electron chi connectivity index (χ3n) is 12.0. The first-order valence-electron chi connectivity index (χ1n) is 19.1. The van der Waals surface area contributed by atoms with E-state index in [-0.39, 0.29) is 17.6 Å².